The molecule has 2 nitrogen and oxygen atoms in total. The van der Waals surface area contributed by atoms with Crippen molar-refractivity contribution >= 4 is 0 Å². The van der Waals surface area contributed by atoms with Crippen LogP contribution >= 0.6 is 0 Å². The molecule has 0 bridgehead atoms. The molecule has 2 aromatic carbocycles. The summed E-state index contributed by atoms with van der Waals surface area (Å²) in [7, 11) is 0. The van der Waals surface area contributed by atoms with Crippen LogP contribution in [0.25, 0.3) is 0 Å². The fourth-order valence-electron chi connectivity index (χ4n) is 3.11. The van der Waals surface area contributed by atoms with E-state index in [2.05, 4.69) is 36.1 Å². The van der Waals surface area contributed by atoms with Crippen molar-refractivity contribution in [3.8, 4) is 0 Å². The minimum absolute atomic E-state index is 0.160. The summed E-state index contributed by atoms with van der Waals surface area (Å²) in [5.74, 6) is -0.184. The van der Waals surface area contributed by atoms with Crippen LogP contribution in [0.3, 0.4) is 0 Å². The smallest absolute Gasteiger partial charge is 0.123 e. The Balaban J connectivity index is 1.81. The molecule has 0 saturated carbocycles. The van der Waals surface area contributed by atoms with Gasteiger partial charge >= 0.3 is 0 Å². The first-order chi connectivity index (χ1) is 10.1. The zero-order valence-corrected chi connectivity index (χ0v) is 12.3. The van der Waals surface area contributed by atoms with Gasteiger partial charge in [-0.25, -0.2) is 4.39 Å². The first-order valence-corrected chi connectivity index (χ1v) is 7.37. The number of hydrogen-bond donors (Lipinski definition) is 1. The topological polar surface area (TPSA) is 29.3 Å². The fourth-order valence-corrected chi connectivity index (χ4v) is 3.11. The lowest BCUT2D eigenvalue weighted by atomic mass is 9.91. The minimum Gasteiger partial charge on any atom is -0.329 e. The van der Waals surface area contributed by atoms with E-state index in [0.29, 0.717) is 6.54 Å². The summed E-state index contributed by atoms with van der Waals surface area (Å²) in [6.45, 7) is 4.56. The Bertz CT molecular complexity index is 616. The molecule has 1 unspecified atom stereocenters. The molecule has 0 fully saturated rings. The van der Waals surface area contributed by atoms with Crippen LogP contribution in [0.5, 0.6) is 0 Å². The lowest BCUT2D eigenvalue weighted by Crippen LogP contribution is -2.50. The van der Waals surface area contributed by atoms with Crippen LogP contribution in [-0.4, -0.2) is 17.0 Å². The van der Waals surface area contributed by atoms with Gasteiger partial charge in [-0.1, -0.05) is 36.4 Å². The van der Waals surface area contributed by atoms with Crippen molar-refractivity contribution in [2.24, 2.45) is 5.73 Å². The Morgan fingerprint density at radius 2 is 1.76 bits per heavy atom. The van der Waals surface area contributed by atoms with E-state index < -0.39 is 0 Å². The maximum absolute atomic E-state index is 13.4. The molecule has 0 radical (unpaired) electrons. The van der Waals surface area contributed by atoms with E-state index in [0.717, 1.165) is 25.1 Å². The van der Waals surface area contributed by atoms with Gasteiger partial charge in [0.05, 0.1) is 0 Å². The Kier molecular flexibility index (Phi) is 3.79. The third-order valence-electron chi connectivity index (χ3n) is 4.52. The van der Waals surface area contributed by atoms with E-state index in [1.54, 1.807) is 12.1 Å². The summed E-state index contributed by atoms with van der Waals surface area (Å²) in [5.41, 5.74) is 9.65. The molecule has 3 rings (SSSR count). The molecule has 2 N–H and O–H groups in total. The minimum atomic E-state index is -0.184. The van der Waals surface area contributed by atoms with Crippen LogP contribution in [0, 0.1) is 5.82 Å². The highest BCUT2D eigenvalue weighted by Crippen LogP contribution is 2.31. The third-order valence-corrected chi connectivity index (χ3v) is 4.52. The Labute approximate surface area is 125 Å². The summed E-state index contributed by atoms with van der Waals surface area (Å²) < 4.78 is 13.4. The molecule has 1 aliphatic heterocycles. The summed E-state index contributed by atoms with van der Waals surface area (Å²) in [6.07, 6.45) is 0.759. The van der Waals surface area contributed by atoms with Crippen molar-refractivity contribution in [2.45, 2.75) is 32.0 Å². The average molecular weight is 284 g/mol. The van der Waals surface area contributed by atoms with Crippen LogP contribution in [0.1, 0.15) is 23.6 Å². The monoisotopic (exact) mass is 284 g/mol. The number of rotatable bonds is 4. The number of fused-ring (bicyclic) bond motifs is 1. The zero-order chi connectivity index (χ0) is 14.9. The molecule has 21 heavy (non-hydrogen) atoms. The molecule has 0 aliphatic carbocycles. The van der Waals surface area contributed by atoms with Gasteiger partial charge in [0.25, 0.3) is 0 Å². The Morgan fingerprint density at radius 1 is 1.10 bits per heavy atom. The molecule has 1 aliphatic rings. The van der Waals surface area contributed by atoms with Crippen molar-refractivity contribution in [3.63, 3.8) is 0 Å². The summed E-state index contributed by atoms with van der Waals surface area (Å²) >= 11 is 0. The van der Waals surface area contributed by atoms with Gasteiger partial charge in [-0.2, -0.15) is 0 Å². The molecule has 0 aromatic heterocycles. The Hall–Kier alpha value is -1.71. The molecular weight excluding hydrogens is 263 g/mol. The molecule has 1 heterocycles. The van der Waals surface area contributed by atoms with E-state index in [4.69, 9.17) is 5.73 Å². The lowest BCUT2D eigenvalue weighted by molar-refractivity contribution is 0.108. The highest BCUT2D eigenvalue weighted by atomic mass is 19.1. The van der Waals surface area contributed by atoms with Crippen LogP contribution in [-0.2, 0) is 19.5 Å². The highest BCUT2D eigenvalue weighted by Gasteiger charge is 2.34. The maximum Gasteiger partial charge on any atom is 0.123 e. The SMILES string of the molecule is CC(CN)(Cc1cccc(F)c1)N1Cc2ccccc2C1. The molecule has 3 heteroatoms. The van der Waals surface area contributed by atoms with Gasteiger partial charge in [0.15, 0.2) is 0 Å². The molecule has 0 saturated heterocycles. The van der Waals surface area contributed by atoms with Crippen LogP contribution in [0.4, 0.5) is 4.39 Å². The van der Waals surface area contributed by atoms with Crippen molar-refractivity contribution in [3.05, 3.63) is 71.0 Å². The fraction of sp³-hybridized carbons (Fsp3) is 0.333. The molecule has 0 amide bonds. The number of nitrogens with two attached hydrogens (primary N) is 1. The van der Waals surface area contributed by atoms with Crippen molar-refractivity contribution in [1.29, 1.82) is 0 Å². The highest BCUT2D eigenvalue weighted by molar-refractivity contribution is 5.31. The van der Waals surface area contributed by atoms with Gasteiger partial charge in [-0.05, 0) is 42.2 Å². The normalized spacial score (nSPS) is 17.5. The predicted molar refractivity (Wildman–Crippen MR) is 83.3 cm³/mol. The van der Waals surface area contributed by atoms with E-state index in [1.165, 1.54) is 17.2 Å². The van der Waals surface area contributed by atoms with Gasteiger partial charge in [-0.3, -0.25) is 4.90 Å². The number of halogens is 1. The molecule has 110 valence electrons. The van der Waals surface area contributed by atoms with E-state index in [-0.39, 0.29) is 11.4 Å². The molecule has 2 aromatic rings. The third kappa shape index (κ3) is 2.85. The largest absolute Gasteiger partial charge is 0.329 e. The van der Waals surface area contributed by atoms with Gasteiger partial charge in [0.1, 0.15) is 5.82 Å². The maximum atomic E-state index is 13.4. The van der Waals surface area contributed by atoms with E-state index in [1.807, 2.05) is 6.07 Å². The summed E-state index contributed by atoms with van der Waals surface area (Å²) in [6, 6.07) is 15.3. The van der Waals surface area contributed by atoms with Gasteiger partial charge < -0.3 is 5.73 Å². The number of benzene rings is 2. The van der Waals surface area contributed by atoms with E-state index >= 15 is 0 Å². The summed E-state index contributed by atoms with van der Waals surface area (Å²) in [5, 5.41) is 0. The van der Waals surface area contributed by atoms with E-state index in [9.17, 15) is 4.39 Å². The molecule has 1 atom stereocenters. The first-order valence-electron chi connectivity index (χ1n) is 7.37. The predicted octanol–water partition coefficient (Wildman–Crippen LogP) is 3.10. The molecular formula is C18H21FN2. The van der Waals surface area contributed by atoms with Crippen molar-refractivity contribution in [2.75, 3.05) is 6.54 Å². The number of hydrogen-bond acceptors (Lipinski definition) is 2. The summed E-state index contributed by atoms with van der Waals surface area (Å²) in [4.78, 5) is 2.41. The van der Waals surface area contributed by atoms with Gasteiger partial charge in [0, 0.05) is 25.2 Å². The van der Waals surface area contributed by atoms with Crippen LogP contribution < -0.4 is 5.73 Å². The molecule has 0 spiro atoms. The van der Waals surface area contributed by atoms with Crippen LogP contribution in [0.15, 0.2) is 48.5 Å². The van der Waals surface area contributed by atoms with Crippen LogP contribution in [0.2, 0.25) is 0 Å². The zero-order valence-electron chi connectivity index (χ0n) is 12.3. The number of nitrogens with zero attached hydrogens (tertiary/aromatic N) is 1. The van der Waals surface area contributed by atoms with Gasteiger partial charge in [-0.15, -0.1) is 0 Å². The lowest BCUT2D eigenvalue weighted by Gasteiger charge is -2.38. The quantitative estimate of drug-likeness (QED) is 0.935. The average Bonchev–Trinajstić information content (AvgIpc) is 2.92. The van der Waals surface area contributed by atoms with Crippen molar-refractivity contribution < 1.29 is 4.39 Å². The van der Waals surface area contributed by atoms with Gasteiger partial charge in [0.2, 0.25) is 0 Å². The second kappa shape index (κ2) is 5.58. The standard InChI is InChI=1S/C18H21FN2/c1-18(13-20,10-14-5-4-8-17(19)9-14)21-11-15-6-2-3-7-16(15)12-21/h2-9H,10-13,20H2,1H3. The first kappa shape index (κ1) is 14.2. The van der Waals surface area contributed by atoms with Crippen molar-refractivity contribution in [1.82, 2.24) is 4.90 Å². The Morgan fingerprint density at radius 3 is 2.33 bits per heavy atom. The second-order valence-corrected chi connectivity index (χ2v) is 6.13. The second-order valence-electron chi connectivity index (χ2n) is 6.13.